The van der Waals surface area contributed by atoms with Gasteiger partial charge in [-0.1, -0.05) is 0 Å². The fourth-order valence-corrected chi connectivity index (χ4v) is 14.4. The molecule has 1 unspecified atom stereocenters. The summed E-state index contributed by atoms with van der Waals surface area (Å²) in [6.45, 7) is 9.47. The molecule has 0 aromatic heterocycles. The van der Waals surface area contributed by atoms with Crippen LogP contribution >= 0.6 is 0 Å². The van der Waals surface area contributed by atoms with Crippen molar-refractivity contribution in [2.75, 3.05) is 7.11 Å². The number of hydrogen-bond donors (Lipinski definition) is 0. The van der Waals surface area contributed by atoms with Crippen LogP contribution in [-0.2, 0) is 23.1 Å². The van der Waals surface area contributed by atoms with Gasteiger partial charge >= 0.3 is 112 Å². The van der Waals surface area contributed by atoms with E-state index in [-0.39, 0.29) is 0 Å². The first kappa shape index (κ1) is 17.4. The van der Waals surface area contributed by atoms with Gasteiger partial charge in [-0.25, -0.2) is 0 Å². The third kappa shape index (κ3) is 4.20. The second-order valence-corrected chi connectivity index (χ2v) is 20.5. The van der Waals surface area contributed by atoms with E-state index in [1.54, 1.807) is 13.8 Å². The Hall–Kier alpha value is 0.379. The fraction of sp³-hybridized carbons (Fsp3) is 0.909. The van der Waals surface area contributed by atoms with Gasteiger partial charge < -0.3 is 0 Å². The molecule has 0 N–H and O–H groups in total. The molecule has 1 atom stereocenters. The number of ether oxygens (including phenoxy) is 1. The van der Waals surface area contributed by atoms with Gasteiger partial charge in [-0.15, -0.1) is 0 Å². The molecule has 0 bridgehead atoms. The van der Waals surface area contributed by atoms with Gasteiger partial charge in [0, 0.05) is 0 Å². The molecule has 0 saturated heterocycles. The molecule has 0 fully saturated rings. The van der Waals surface area contributed by atoms with E-state index in [2.05, 4.69) is 25.5 Å². The Morgan fingerprint density at radius 1 is 1.18 bits per heavy atom. The summed E-state index contributed by atoms with van der Waals surface area (Å²) in [6, 6.07) is 0. The number of rotatable bonds is 7. The zero-order chi connectivity index (χ0) is 13.7. The summed E-state index contributed by atoms with van der Waals surface area (Å²) in [7, 11) is 1.30. The molecule has 0 aliphatic heterocycles. The third-order valence-electron chi connectivity index (χ3n) is 3.28. The summed E-state index contributed by atoms with van der Waals surface area (Å²) in [6.07, 6.45) is 0. The van der Waals surface area contributed by atoms with Gasteiger partial charge in [-0.2, -0.15) is 0 Å². The van der Waals surface area contributed by atoms with E-state index >= 15 is 0 Å². The summed E-state index contributed by atoms with van der Waals surface area (Å²) >= 11 is -4.35. The molecule has 0 amide bonds. The normalized spacial score (nSPS) is 14.5. The molecule has 0 aliphatic rings. The van der Waals surface area contributed by atoms with Crippen molar-refractivity contribution < 1.29 is 16.3 Å². The van der Waals surface area contributed by atoms with Crippen molar-refractivity contribution in [3.8, 4) is 0 Å². The van der Waals surface area contributed by atoms with Crippen molar-refractivity contribution in [2.24, 2.45) is 0 Å². The van der Waals surface area contributed by atoms with Gasteiger partial charge in [0.25, 0.3) is 0 Å². The zero-order valence-corrected chi connectivity index (χ0v) is 15.3. The van der Waals surface area contributed by atoms with Gasteiger partial charge in [-0.3, -0.25) is 0 Å². The Balaban J connectivity index is 4.90. The molecule has 6 heteroatoms. The van der Waals surface area contributed by atoms with E-state index in [1.807, 2.05) is 0 Å². The molecule has 102 valence electrons. The summed E-state index contributed by atoms with van der Waals surface area (Å²) in [5.41, 5.74) is 0. The average molecular weight is 371 g/mol. The SMILES string of the molecule is C[CH2][Sn]([CH2]C)([CH2]C)[O]S(=O)C(C)(C)C(=O)OC. The molecular formula is C11H24O4SSn. The van der Waals surface area contributed by atoms with Crippen LogP contribution in [0.25, 0.3) is 0 Å². The minimum atomic E-state index is -2.74. The van der Waals surface area contributed by atoms with Crippen molar-refractivity contribution >= 4 is 35.8 Å². The van der Waals surface area contributed by atoms with E-state index in [1.165, 1.54) is 7.11 Å². The first-order chi connectivity index (χ1) is 7.79. The van der Waals surface area contributed by atoms with Crippen molar-refractivity contribution in [3.63, 3.8) is 0 Å². The Morgan fingerprint density at radius 2 is 1.59 bits per heavy atom. The Morgan fingerprint density at radius 3 is 1.88 bits per heavy atom. The first-order valence-corrected chi connectivity index (χ1v) is 14.3. The Labute approximate surface area is 112 Å². The van der Waals surface area contributed by atoms with Crippen molar-refractivity contribution in [2.45, 2.75) is 52.7 Å². The van der Waals surface area contributed by atoms with Crippen LogP contribution in [0.3, 0.4) is 0 Å². The van der Waals surface area contributed by atoms with Gasteiger partial charge in [0.05, 0.1) is 0 Å². The molecule has 4 nitrogen and oxygen atoms in total. The molecule has 0 heterocycles. The number of methoxy groups -OCH3 is 1. The van der Waals surface area contributed by atoms with Crippen LogP contribution in [0, 0.1) is 0 Å². The predicted molar refractivity (Wildman–Crippen MR) is 72.5 cm³/mol. The van der Waals surface area contributed by atoms with E-state index in [0.29, 0.717) is 0 Å². The molecule has 0 radical (unpaired) electrons. The van der Waals surface area contributed by atoms with Gasteiger partial charge in [0.1, 0.15) is 0 Å². The molecule has 0 rings (SSSR count). The van der Waals surface area contributed by atoms with Crippen molar-refractivity contribution in [3.05, 3.63) is 0 Å². The fourth-order valence-electron chi connectivity index (χ4n) is 1.51. The van der Waals surface area contributed by atoms with Crippen molar-refractivity contribution in [1.29, 1.82) is 0 Å². The molecule has 0 spiro atoms. The topological polar surface area (TPSA) is 52.6 Å². The van der Waals surface area contributed by atoms with E-state index in [9.17, 15) is 9.00 Å². The number of hydrogen-bond acceptors (Lipinski definition) is 4. The second kappa shape index (κ2) is 7.09. The second-order valence-electron chi connectivity index (χ2n) is 4.56. The number of carbonyl (C=O) groups is 1. The standard InChI is InChI=1S/C5H10O4S.3C2H5.Sn/c1-5(2,10(7)8)4(6)9-3;3*1-2;/h1-3H3,(H,7,8);3*1H2,2H3;/q;;;;+1/p-1. The third-order valence-corrected chi connectivity index (χ3v) is 20.1. The van der Waals surface area contributed by atoms with Crippen LogP contribution in [0.2, 0.25) is 13.3 Å². The quantitative estimate of drug-likeness (QED) is 0.510. The molecule has 0 aliphatic carbocycles. The van der Waals surface area contributed by atoms with Gasteiger partial charge in [0.2, 0.25) is 0 Å². The predicted octanol–water partition coefficient (Wildman–Crippen LogP) is 2.62. The van der Waals surface area contributed by atoms with Crippen LogP contribution < -0.4 is 0 Å². The van der Waals surface area contributed by atoms with Crippen LogP contribution in [0.4, 0.5) is 0 Å². The molecule has 17 heavy (non-hydrogen) atoms. The summed E-state index contributed by atoms with van der Waals surface area (Å²) < 4.78 is 24.6. The van der Waals surface area contributed by atoms with Gasteiger partial charge in [0.15, 0.2) is 0 Å². The summed E-state index contributed by atoms with van der Waals surface area (Å²) in [5, 5.41) is 0. The van der Waals surface area contributed by atoms with Gasteiger partial charge in [-0.05, 0) is 0 Å². The first-order valence-electron chi connectivity index (χ1n) is 5.99. The molecular weight excluding hydrogens is 347 g/mol. The maximum atomic E-state index is 12.2. The van der Waals surface area contributed by atoms with Crippen LogP contribution in [0.1, 0.15) is 34.6 Å². The minimum absolute atomic E-state index is 0.487. The van der Waals surface area contributed by atoms with E-state index in [4.69, 9.17) is 2.52 Å². The Bertz CT molecular complexity index is 279. The number of esters is 1. The van der Waals surface area contributed by atoms with Crippen LogP contribution in [-0.4, -0.2) is 40.8 Å². The molecule has 0 saturated carbocycles. The van der Waals surface area contributed by atoms with Crippen LogP contribution in [0.15, 0.2) is 0 Å². The van der Waals surface area contributed by atoms with Crippen molar-refractivity contribution in [1.82, 2.24) is 0 Å². The monoisotopic (exact) mass is 372 g/mol. The number of carbonyl (C=O) groups excluding carboxylic acids is 1. The summed E-state index contributed by atoms with van der Waals surface area (Å²) in [5.74, 6) is -0.487. The Kier molecular flexibility index (Phi) is 7.25. The van der Waals surface area contributed by atoms with E-state index < -0.39 is 40.6 Å². The molecule has 0 aromatic rings. The maximum absolute atomic E-state index is 12.2. The molecule has 0 aromatic carbocycles. The zero-order valence-electron chi connectivity index (χ0n) is 11.7. The van der Waals surface area contributed by atoms with Crippen LogP contribution in [0.5, 0.6) is 0 Å². The average Bonchev–Trinajstić information content (AvgIpc) is 2.34. The van der Waals surface area contributed by atoms with E-state index in [0.717, 1.165) is 13.3 Å². The summed E-state index contributed by atoms with van der Waals surface area (Å²) in [4.78, 5) is 11.6.